The molecule has 0 saturated carbocycles. The Morgan fingerprint density at radius 2 is 2.04 bits per heavy atom. The van der Waals surface area contributed by atoms with Crippen LogP contribution in [-0.4, -0.2) is 40.3 Å². The molecular weight excluding hydrogens is 362 g/mol. The molecule has 1 aliphatic heterocycles. The second-order valence-electron chi connectivity index (χ2n) is 6.57. The predicted octanol–water partition coefficient (Wildman–Crippen LogP) is 3.80. The standard InChI is InChI=1S/C21H20ClN3O2/c22-19-7-5-17(6-8-19)20-15-24(11-12-27-20)21(26)18-4-1-3-16(13-18)14-25-10-2-9-23-25/h1-10,13,20H,11-12,14-15H2/t20-/m1/s1. The molecule has 138 valence electrons. The Kier molecular flexibility index (Phi) is 5.23. The second-order valence-corrected chi connectivity index (χ2v) is 7.00. The Bertz CT molecular complexity index is 909. The average Bonchev–Trinajstić information content (AvgIpc) is 3.21. The fourth-order valence-corrected chi connectivity index (χ4v) is 3.41. The van der Waals surface area contributed by atoms with Crippen molar-refractivity contribution in [2.75, 3.05) is 19.7 Å². The monoisotopic (exact) mass is 381 g/mol. The van der Waals surface area contributed by atoms with Crippen LogP contribution < -0.4 is 0 Å². The molecule has 0 unspecified atom stereocenters. The number of benzene rings is 2. The average molecular weight is 382 g/mol. The van der Waals surface area contributed by atoms with Crippen molar-refractivity contribution in [3.05, 3.63) is 88.7 Å². The van der Waals surface area contributed by atoms with Crippen molar-refractivity contribution in [2.45, 2.75) is 12.6 Å². The third kappa shape index (κ3) is 4.21. The van der Waals surface area contributed by atoms with Gasteiger partial charge in [-0.05, 0) is 41.5 Å². The van der Waals surface area contributed by atoms with Crippen molar-refractivity contribution in [3.63, 3.8) is 0 Å². The van der Waals surface area contributed by atoms with Gasteiger partial charge in [-0.15, -0.1) is 0 Å². The van der Waals surface area contributed by atoms with E-state index < -0.39 is 0 Å². The van der Waals surface area contributed by atoms with Crippen LogP contribution in [0.5, 0.6) is 0 Å². The molecule has 1 amide bonds. The molecule has 1 saturated heterocycles. The summed E-state index contributed by atoms with van der Waals surface area (Å²) >= 11 is 5.96. The minimum Gasteiger partial charge on any atom is -0.370 e. The molecule has 27 heavy (non-hydrogen) atoms. The van der Waals surface area contributed by atoms with Crippen LogP contribution in [0.15, 0.2) is 67.0 Å². The lowest BCUT2D eigenvalue weighted by Crippen LogP contribution is -2.42. The number of ether oxygens (including phenoxy) is 1. The second kappa shape index (κ2) is 7.94. The van der Waals surface area contributed by atoms with Crippen molar-refractivity contribution in [3.8, 4) is 0 Å². The molecule has 3 aromatic rings. The number of hydrogen-bond acceptors (Lipinski definition) is 3. The molecule has 0 aliphatic carbocycles. The number of nitrogens with zero attached hydrogens (tertiary/aromatic N) is 3. The SMILES string of the molecule is O=C(c1cccc(Cn2cccn2)c1)N1CCO[C@@H](c2ccc(Cl)cc2)C1. The van der Waals surface area contributed by atoms with Crippen LogP contribution in [-0.2, 0) is 11.3 Å². The first-order valence-electron chi connectivity index (χ1n) is 8.92. The molecule has 0 spiro atoms. The molecule has 1 fully saturated rings. The van der Waals surface area contributed by atoms with Gasteiger partial charge in [0.1, 0.15) is 6.10 Å². The van der Waals surface area contributed by atoms with Gasteiger partial charge in [0, 0.05) is 29.5 Å². The zero-order valence-electron chi connectivity index (χ0n) is 14.8. The van der Waals surface area contributed by atoms with Crippen molar-refractivity contribution < 1.29 is 9.53 Å². The summed E-state index contributed by atoms with van der Waals surface area (Å²) in [5.74, 6) is 0.0274. The van der Waals surface area contributed by atoms with Gasteiger partial charge in [-0.2, -0.15) is 5.10 Å². The normalized spacial score (nSPS) is 17.1. The van der Waals surface area contributed by atoms with Gasteiger partial charge >= 0.3 is 0 Å². The number of hydrogen-bond donors (Lipinski definition) is 0. The maximum absolute atomic E-state index is 13.0. The topological polar surface area (TPSA) is 47.4 Å². The predicted molar refractivity (Wildman–Crippen MR) is 104 cm³/mol. The number of morpholine rings is 1. The van der Waals surface area contributed by atoms with E-state index in [-0.39, 0.29) is 12.0 Å². The van der Waals surface area contributed by atoms with Crippen LogP contribution in [0, 0.1) is 0 Å². The first-order valence-corrected chi connectivity index (χ1v) is 9.29. The number of rotatable bonds is 4. The minimum absolute atomic E-state index is 0.0274. The van der Waals surface area contributed by atoms with Crippen molar-refractivity contribution in [1.82, 2.24) is 14.7 Å². The quantitative estimate of drug-likeness (QED) is 0.690. The number of halogens is 1. The Hall–Kier alpha value is -2.63. The number of aromatic nitrogens is 2. The molecule has 2 heterocycles. The molecule has 1 aromatic heterocycles. The first kappa shape index (κ1) is 17.8. The third-order valence-electron chi connectivity index (χ3n) is 4.67. The molecule has 1 aliphatic rings. The van der Waals surface area contributed by atoms with E-state index in [0.717, 1.165) is 11.1 Å². The number of amides is 1. The highest BCUT2D eigenvalue weighted by atomic mass is 35.5. The molecular formula is C21H20ClN3O2. The molecule has 1 atom stereocenters. The first-order chi connectivity index (χ1) is 13.2. The minimum atomic E-state index is -0.132. The van der Waals surface area contributed by atoms with Crippen LogP contribution in [0.25, 0.3) is 0 Å². The Balaban J connectivity index is 1.48. The van der Waals surface area contributed by atoms with Gasteiger partial charge < -0.3 is 9.64 Å². The lowest BCUT2D eigenvalue weighted by Gasteiger charge is -2.33. The maximum atomic E-state index is 13.0. The molecule has 5 nitrogen and oxygen atoms in total. The summed E-state index contributed by atoms with van der Waals surface area (Å²) in [6, 6.07) is 17.2. The van der Waals surface area contributed by atoms with Crippen molar-refractivity contribution in [2.24, 2.45) is 0 Å². The lowest BCUT2D eigenvalue weighted by molar-refractivity contribution is -0.0228. The number of carbonyl (C=O) groups excluding carboxylic acids is 1. The summed E-state index contributed by atoms with van der Waals surface area (Å²) in [6.45, 7) is 2.28. The molecule has 6 heteroatoms. The van der Waals surface area contributed by atoms with Gasteiger partial charge in [0.05, 0.1) is 19.7 Å². The van der Waals surface area contributed by atoms with E-state index in [1.807, 2.05) is 70.4 Å². The molecule has 0 radical (unpaired) electrons. The highest BCUT2D eigenvalue weighted by Gasteiger charge is 2.26. The Morgan fingerprint density at radius 3 is 2.81 bits per heavy atom. The van der Waals surface area contributed by atoms with Crippen LogP contribution >= 0.6 is 11.6 Å². The fraction of sp³-hybridized carbons (Fsp3) is 0.238. The van der Waals surface area contributed by atoms with E-state index in [1.54, 1.807) is 6.20 Å². The van der Waals surface area contributed by atoms with Crippen molar-refractivity contribution in [1.29, 1.82) is 0 Å². The largest absolute Gasteiger partial charge is 0.370 e. The fourth-order valence-electron chi connectivity index (χ4n) is 3.28. The summed E-state index contributed by atoms with van der Waals surface area (Å²) in [4.78, 5) is 14.9. The van der Waals surface area contributed by atoms with E-state index in [4.69, 9.17) is 16.3 Å². The lowest BCUT2D eigenvalue weighted by atomic mass is 10.1. The van der Waals surface area contributed by atoms with Crippen LogP contribution in [0.4, 0.5) is 0 Å². The van der Waals surface area contributed by atoms with E-state index in [1.165, 1.54) is 0 Å². The van der Waals surface area contributed by atoms with Gasteiger partial charge in [-0.25, -0.2) is 0 Å². The third-order valence-corrected chi connectivity index (χ3v) is 4.93. The van der Waals surface area contributed by atoms with E-state index in [2.05, 4.69) is 5.10 Å². The summed E-state index contributed by atoms with van der Waals surface area (Å²) < 4.78 is 7.71. The summed E-state index contributed by atoms with van der Waals surface area (Å²) in [6.07, 6.45) is 3.53. The Labute approximate surface area is 163 Å². The zero-order chi connectivity index (χ0) is 18.6. The maximum Gasteiger partial charge on any atom is 0.254 e. The van der Waals surface area contributed by atoms with Crippen molar-refractivity contribution >= 4 is 17.5 Å². The van der Waals surface area contributed by atoms with E-state index in [0.29, 0.717) is 36.8 Å². The number of carbonyl (C=O) groups is 1. The zero-order valence-corrected chi connectivity index (χ0v) is 15.5. The Morgan fingerprint density at radius 1 is 1.19 bits per heavy atom. The van der Waals surface area contributed by atoms with Gasteiger partial charge in [-0.3, -0.25) is 9.48 Å². The van der Waals surface area contributed by atoms with E-state index in [9.17, 15) is 4.79 Å². The molecule has 0 N–H and O–H groups in total. The van der Waals surface area contributed by atoms with Gasteiger partial charge in [0.15, 0.2) is 0 Å². The molecule has 0 bridgehead atoms. The van der Waals surface area contributed by atoms with Gasteiger partial charge in [0.2, 0.25) is 0 Å². The summed E-state index contributed by atoms with van der Waals surface area (Å²) in [5, 5.41) is 4.91. The summed E-state index contributed by atoms with van der Waals surface area (Å²) in [7, 11) is 0. The van der Waals surface area contributed by atoms with Crippen LogP contribution in [0.3, 0.4) is 0 Å². The molecule has 2 aromatic carbocycles. The van der Waals surface area contributed by atoms with Crippen LogP contribution in [0.2, 0.25) is 5.02 Å². The smallest absolute Gasteiger partial charge is 0.254 e. The summed E-state index contributed by atoms with van der Waals surface area (Å²) in [5.41, 5.74) is 2.77. The highest BCUT2D eigenvalue weighted by Crippen LogP contribution is 2.24. The highest BCUT2D eigenvalue weighted by molar-refractivity contribution is 6.30. The van der Waals surface area contributed by atoms with E-state index >= 15 is 0 Å². The van der Waals surface area contributed by atoms with Gasteiger partial charge in [-0.1, -0.05) is 35.9 Å². The molecule has 4 rings (SSSR count). The van der Waals surface area contributed by atoms with Crippen LogP contribution in [0.1, 0.15) is 27.6 Å². The van der Waals surface area contributed by atoms with Gasteiger partial charge in [0.25, 0.3) is 5.91 Å².